The predicted molar refractivity (Wildman–Crippen MR) is 70.1 cm³/mol. The van der Waals surface area contributed by atoms with Crippen LogP contribution in [0.4, 0.5) is 15.8 Å². The molecule has 108 valence electrons. The van der Waals surface area contributed by atoms with Gasteiger partial charge in [-0.15, -0.1) is 0 Å². The van der Waals surface area contributed by atoms with E-state index in [1.807, 2.05) is 0 Å². The number of aryl methyl sites for hydroxylation is 1. The summed E-state index contributed by atoms with van der Waals surface area (Å²) in [5.41, 5.74) is 0.377. The van der Waals surface area contributed by atoms with E-state index >= 15 is 0 Å². The van der Waals surface area contributed by atoms with Gasteiger partial charge in [0, 0.05) is 24.7 Å². The van der Waals surface area contributed by atoms with Crippen molar-refractivity contribution in [1.29, 1.82) is 0 Å². The van der Waals surface area contributed by atoms with Gasteiger partial charge in [0.1, 0.15) is 11.5 Å². The van der Waals surface area contributed by atoms with Crippen LogP contribution in [-0.2, 0) is 9.53 Å². The second-order valence-electron chi connectivity index (χ2n) is 4.80. The Balaban J connectivity index is 2.34. The molecule has 0 unspecified atom stereocenters. The highest BCUT2D eigenvalue weighted by Gasteiger charge is 2.33. The first-order valence-corrected chi connectivity index (χ1v) is 6.21. The number of rotatable bonds is 3. The minimum absolute atomic E-state index is 0.114. The predicted octanol–water partition coefficient (Wildman–Crippen LogP) is 2.04. The van der Waals surface area contributed by atoms with Gasteiger partial charge < -0.3 is 9.64 Å². The minimum atomic E-state index is -0.524. The smallest absolute Gasteiger partial charge is 0.310 e. The third-order valence-electron chi connectivity index (χ3n) is 3.49. The molecule has 6 nitrogen and oxygen atoms in total. The van der Waals surface area contributed by atoms with Gasteiger partial charge in [-0.25, -0.2) is 4.39 Å². The van der Waals surface area contributed by atoms with Gasteiger partial charge in [-0.3, -0.25) is 14.9 Å². The Bertz CT molecular complexity index is 562. The molecule has 0 spiro atoms. The van der Waals surface area contributed by atoms with Crippen LogP contribution in [0.25, 0.3) is 0 Å². The molecule has 1 saturated heterocycles. The maximum absolute atomic E-state index is 13.5. The van der Waals surface area contributed by atoms with E-state index < -0.39 is 10.7 Å². The highest BCUT2D eigenvalue weighted by Crippen LogP contribution is 2.35. The van der Waals surface area contributed by atoms with Crippen molar-refractivity contribution < 1.29 is 18.8 Å². The number of hydrogen-bond donors (Lipinski definition) is 0. The third kappa shape index (κ3) is 2.56. The quantitative estimate of drug-likeness (QED) is 0.482. The van der Waals surface area contributed by atoms with Crippen molar-refractivity contribution >= 4 is 17.3 Å². The molecule has 0 aromatic heterocycles. The number of nitro groups is 1. The summed E-state index contributed by atoms with van der Waals surface area (Å²) >= 11 is 0. The Morgan fingerprint density at radius 2 is 2.25 bits per heavy atom. The zero-order valence-electron chi connectivity index (χ0n) is 11.3. The first-order chi connectivity index (χ1) is 9.43. The summed E-state index contributed by atoms with van der Waals surface area (Å²) in [6.45, 7) is 2.26. The molecule has 0 saturated carbocycles. The fourth-order valence-corrected chi connectivity index (χ4v) is 2.53. The lowest BCUT2D eigenvalue weighted by Crippen LogP contribution is -2.24. The number of anilines is 1. The summed E-state index contributed by atoms with van der Waals surface area (Å²) in [5.74, 6) is -1.20. The topological polar surface area (TPSA) is 72.7 Å². The average molecular weight is 282 g/mol. The molecule has 0 N–H and O–H groups in total. The molecule has 2 rings (SSSR count). The number of methoxy groups -OCH3 is 1. The van der Waals surface area contributed by atoms with Gasteiger partial charge in [0.15, 0.2) is 0 Å². The lowest BCUT2D eigenvalue weighted by molar-refractivity contribution is -0.384. The molecule has 7 heteroatoms. The standard InChI is InChI=1S/C13H15FN2O4/c1-8-5-10(14)6-11(12(8)16(18)19)15-4-3-9(7-15)13(17)20-2/h5-6,9H,3-4,7H2,1-2H3/t9-/m0/s1. The lowest BCUT2D eigenvalue weighted by Gasteiger charge is -2.19. The molecule has 20 heavy (non-hydrogen) atoms. The molecule has 0 amide bonds. The van der Waals surface area contributed by atoms with E-state index in [9.17, 15) is 19.3 Å². The van der Waals surface area contributed by atoms with Crippen molar-refractivity contribution in [3.05, 3.63) is 33.6 Å². The van der Waals surface area contributed by atoms with Gasteiger partial charge >= 0.3 is 5.97 Å². The van der Waals surface area contributed by atoms with E-state index in [1.165, 1.54) is 14.0 Å². The molecule has 1 aromatic rings. The Kier molecular flexibility index (Phi) is 3.87. The first kappa shape index (κ1) is 14.2. The second-order valence-corrected chi connectivity index (χ2v) is 4.80. The maximum Gasteiger partial charge on any atom is 0.310 e. The number of carbonyl (C=O) groups is 1. The van der Waals surface area contributed by atoms with Crippen molar-refractivity contribution in [2.45, 2.75) is 13.3 Å². The molecule has 1 fully saturated rings. The van der Waals surface area contributed by atoms with Crippen LogP contribution < -0.4 is 4.90 Å². The van der Waals surface area contributed by atoms with Crippen molar-refractivity contribution in [2.24, 2.45) is 5.92 Å². The Morgan fingerprint density at radius 1 is 1.55 bits per heavy atom. The molecule has 0 radical (unpaired) electrons. The van der Waals surface area contributed by atoms with Crippen molar-refractivity contribution in [2.75, 3.05) is 25.1 Å². The van der Waals surface area contributed by atoms with Crippen LogP contribution in [0.3, 0.4) is 0 Å². The number of halogens is 1. The van der Waals surface area contributed by atoms with E-state index in [2.05, 4.69) is 4.74 Å². The largest absolute Gasteiger partial charge is 0.469 e. The summed E-state index contributed by atoms with van der Waals surface area (Å²) in [7, 11) is 1.31. The molecule has 1 aromatic carbocycles. The number of nitrogens with zero attached hydrogens (tertiary/aromatic N) is 2. The molecule has 1 atom stereocenters. The molecule has 1 aliphatic rings. The first-order valence-electron chi connectivity index (χ1n) is 6.21. The van der Waals surface area contributed by atoms with Crippen LogP contribution in [-0.4, -0.2) is 31.1 Å². The average Bonchev–Trinajstić information content (AvgIpc) is 2.85. The van der Waals surface area contributed by atoms with E-state index in [0.29, 0.717) is 19.5 Å². The molecular weight excluding hydrogens is 267 g/mol. The lowest BCUT2D eigenvalue weighted by atomic mass is 10.1. The number of nitro benzene ring substituents is 1. The normalized spacial score (nSPS) is 18.1. The molecular formula is C13H15FN2O4. The minimum Gasteiger partial charge on any atom is -0.469 e. The highest BCUT2D eigenvalue weighted by atomic mass is 19.1. The van der Waals surface area contributed by atoms with Crippen molar-refractivity contribution in [1.82, 2.24) is 0 Å². The maximum atomic E-state index is 13.5. The van der Waals surface area contributed by atoms with Crippen LogP contribution in [0.2, 0.25) is 0 Å². The zero-order chi connectivity index (χ0) is 14.9. The van der Waals surface area contributed by atoms with Crippen LogP contribution in [0.5, 0.6) is 0 Å². The van der Waals surface area contributed by atoms with Gasteiger partial charge in [-0.2, -0.15) is 0 Å². The van der Waals surface area contributed by atoms with E-state index in [0.717, 1.165) is 12.1 Å². The van der Waals surface area contributed by atoms with Gasteiger partial charge in [-0.1, -0.05) is 0 Å². The van der Waals surface area contributed by atoms with E-state index in [-0.39, 0.29) is 28.8 Å². The highest BCUT2D eigenvalue weighted by molar-refractivity contribution is 5.75. The summed E-state index contributed by atoms with van der Waals surface area (Å²) in [6, 6.07) is 2.28. The summed E-state index contributed by atoms with van der Waals surface area (Å²) in [6.07, 6.45) is 0.541. The van der Waals surface area contributed by atoms with Gasteiger partial charge in [0.25, 0.3) is 5.69 Å². The van der Waals surface area contributed by atoms with Crippen LogP contribution in [0, 0.1) is 28.8 Å². The monoisotopic (exact) mass is 282 g/mol. The Labute approximate surface area is 115 Å². The summed E-state index contributed by atoms with van der Waals surface area (Å²) in [4.78, 5) is 23.8. The van der Waals surface area contributed by atoms with Crippen LogP contribution >= 0.6 is 0 Å². The molecule has 0 bridgehead atoms. The third-order valence-corrected chi connectivity index (χ3v) is 3.49. The van der Waals surface area contributed by atoms with E-state index in [4.69, 9.17) is 0 Å². The van der Waals surface area contributed by atoms with Crippen molar-refractivity contribution in [3.63, 3.8) is 0 Å². The fraction of sp³-hybridized carbons (Fsp3) is 0.462. The number of benzene rings is 1. The van der Waals surface area contributed by atoms with Gasteiger partial charge in [0.05, 0.1) is 18.0 Å². The number of hydrogen-bond acceptors (Lipinski definition) is 5. The number of esters is 1. The molecule has 1 heterocycles. The van der Waals surface area contributed by atoms with Crippen molar-refractivity contribution in [3.8, 4) is 0 Å². The Morgan fingerprint density at radius 3 is 2.85 bits per heavy atom. The molecule has 0 aliphatic carbocycles. The van der Waals surface area contributed by atoms with Crippen LogP contribution in [0.1, 0.15) is 12.0 Å². The number of carbonyl (C=O) groups excluding carboxylic acids is 1. The fourth-order valence-electron chi connectivity index (χ4n) is 2.53. The van der Waals surface area contributed by atoms with E-state index in [1.54, 1.807) is 4.90 Å². The zero-order valence-corrected chi connectivity index (χ0v) is 11.3. The SMILES string of the molecule is COC(=O)[C@H]1CCN(c2cc(F)cc(C)c2[N+](=O)[O-])C1. The summed E-state index contributed by atoms with van der Waals surface area (Å²) < 4.78 is 18.2. The van der Waals surface area contributed by atoms with Gasteiger partial charge in [-0.05, 0) is 19.4 Å². The second kappa shape index (κ2) is 5.44. The van der Waals surface area contributed by atoms with Crippen LogP contribution in [0.15, 0.2) is 12.1 Å². The Hall–Kier alpha value is -2.18. The number of ether oxygens (including phenoxy) is 1. The summed E-state index contributed by atoms with van der Waals surface area (Å²) in [5, 5.41) is 11.1. The molecule has 1 aliphatic heterocycles. The van der Waals surface area contributed by atoms with Gasteiger partial charge in [0.2, 0.25) is 0 Å².